The number of fused-ring (bicyclic) bond motifs is 1. The van der Waals surface area contributed by atoms with Crippen molar-refractivity contribution in [3.8, 4) is 17.0 Å². The van der Waals surface area contributed by atoms with Gasteiger partial charge in [0.15, 0.2) is 0 Å². The lowest BCUT2D eigenvalue weighted by atomic mass is 10.1. The number of aromatic amines is 1. The molecule has 3 rings (SSSR count). The fraction of sp³-hybridized carbons (Fsp3) is 0.387. The van der Waals surface area contributed by atoms with E-state index in [1.165, 1.54) is 25.7 Å². The summed E-state index contributed by atoms with van der Waals surface area (Å²) in [4.78, 5) is 22.7. The Morgan fingerprint density at radius 2 is 1.88 bits per heavy atom. The van der Waals surface area contributed by atoms with Crippen LogP contribution in [0.5, 0.6) is 5.75 Å². The molecule has 0 bridgehead atoms. The minimum absolute atomic E-state index is 0.0333. The number of H-pyrrole nitrogens is 1. The molecule has 40 heavy (non-hydrogen) atoms. The lowest BCUT2D eigenvalue weighted by Gasteiger charge is -2.15. The smallest absolute Gasteiger partial charge is 0.243 e. The van der Waals surface area contributed by atoms with Gasteiger partial charge in [0.05, 0.1) is 5.39 Å². The Bertz CT molecular complexity index is 1220. The van der Waals surface area contributed by atoms with E-state index >= 15 is 0 Å². The van der Waals surface area contributed by atoms with Crippen LogP contribution in [0.3, 0.4) is 0 Å². The van der Waals surface area contributed by atoms with Crippen LogP contribution in [-0.4, -0.2) is 45.3 Å². The number of nitrogens with two attached hydrogens (primary N) is 1. The minimum Gasteiger partial charge on any atom is -0.492 e. The van der Waals surface area contributed by atoms with Gasteiger partial charge < -0.3 is 20.8 Å². The van der Waals surface area contributed by atoms with Gasteiger partial charge in [0.25, 0.3) is 0 Å². The standard InChI is InChI=1S/C22H25N5O.C9H19NO2/c1-4-6-16(5-2)15(3)26-21-19-13-20(27-22(19)25-14-24-21)17-7-9-18(10-8-17)28-12-11-23;1-2-3-4-5-6-7-8-9(11)10-12/h4-10,13-15H,1-2,11-12,23H2,3H3,(H2,24,25,26,27);12H,2-8H2,1H3,(H,10,11)/b16-6+;/t15-;/m1./s1. The van der Waals surface area contributed by atoms with Gasteiger partial charge in [-0.1, -0.05) is 70.4 Å². The first-order valence-electron chi connectivity index (χ1n) is 13.9. The summed E-state index contributed by atoms with van der Waals surface area (Å²) in [5.74, 6) is 1.29. The van der Waals surface area contributed by atoms with Crippen molar-refractivity contribution in [3.63, 3.8) is 0 Å². The Morgan fingerprint density at radius 1 is 1.15 bits per heavy atom. The number of carbonyl (C=O) groups excluding carboxylic acids is 1. The molecule has 0 spiro atoms. The normalized spacial score (nSPS) is 11.8. The Hall–Kier alpha value is -3.95. The first-order valence-corrected chi connectivity index (χ1v) is 13.9. The van der Waals surface area contributed by atoms with Gasteiger partial charge in [0, 0.05) is 24.7 Å². The number of anilines is 1. The molecule has 9 heteroatoms. The molecule has 1 aromatic carbocycles. The summed E-state index contributed by atoms with van der Waals surface area (Å²) < 4.78 is 5.53. The highest BCUT2D eigenvalue weighted by molar-refractivity contribution is 5.91. The molecule has 0 aliphatic rings. The third kappa shape index (κ3) is 10.7. The number of rotatable bonds is 16. The number of nitrogens with zero attached hydrogens (tertiary/aromatic N) is 2. The van der Waals surface area contributed by atoms with Crippen LogP contribution in [0.4, 0.5) is 5.82 Å². The van der Waals surface area contributed by atoms with Crippen molar-refractivity contribution in [2.45, 2.75) is 64.8 Å². The van der Waals surface area contributed by atoms with E-state index in [-0.39, 0.29) is 11.9 Å². The molecule has 0 saturated heterocycles. The molecule has 1 atom stereocenters. The number of benzene rings is 1. The highest BCUT2D eigenvalue weighted by Gasteiger charge is 2.13. The molecular weight excluding hydrogens is 504 g/mol. The van der Waals surface area contributed by atoms with Gasteiger partial charge in [-0.3, -0.25) is 10.0 Å². The van der Waals surface area contributed by atoms with Gasteiger partial charge in [-0.05, 0) is 54.8 Å². The number of allylic oxidation sites excluding steroid dienone is 2. The topological polar surface area (TPSA) is 138 Å². The lowest BCUT2D eigenvalue weighted by Crippen LogP contribution is -2.18. The highest BCUT2D eigenvalue weighted by atomic mass is 16.5. The second kappa shape index (κ2) is 18.4. The molecule has 0 aliphatic heterocycles. The van der Waals surface area contributed by atoms with E-state index < -0.39 is 0 Å². The molecule has 9 nitrogen and oxygen atoms in total. The first kappa shape index (κ1) is 32.3. The summed E-state index contributed by atoms with van der Waals surface area (Å²) in [6, 6.07) is 9.95. The fourth-order valence-electron chi connectivity index (χ4n) is 4.05. The number of hydrogen-bond donors (Lipinski definition) is 5. The van der Waals surface area contributed by atoms with Crippen LogP contribution < -0.4 is 21.3 Å². The predicted molar refractivity (Wildman–Crippen MR) is 163 cm³/mol. The van der Waals surface area contributed by atoms with Crippen molar-refractivity contribution in [1.82, 2.24) is 20.4 Å². The highest BCUT2D eigenvalue weighted by Crippen LogP contribution is 2.28. The minimum atomic E-state index is -0.273. The van der Waals surface area contributed by atoms with Crippen molar-refractivity contribution >= 4 is 22.8 Å². The Morgan fingerprint density at radius 3 is 2.52 bits per heavy atom. The number of unbranched alkanes of at least 4 members (excludes halogenated alkanes) is 5. The van der Waals surface area contributed by atoms with E-state index in [9.17, 15) is 4.79 Å². The van der Waals surface area contributed by atoms with Crippen LogP contribution in [-0.2, 0) is 4.79 Å². The summed E-state index contributed by atoms with van der Waals surface area (Å²) in [6.07, 6.45) is 14.5. The van der Waals surface area contributed by atoms with E-state index in [4.69, 9.17) is 15.7 Å². The van der Waals surface area contributed by atoms with Gasteiger partial charge in [-0.25, -0.2) is 15.4 Å². The number of aromatic nitrogens is 3. The maximum atomic E-state index is 10.5. The zero-order valence-electron chi connectivity index (χ0n) is 23.8. The molecule has 0 saturated carbocycles. The lowest BCUT2D eigenvalue weighted by molar-refractivity contribution is -0.129. The summed E-state index contributed by atoms with van der Waals surface area (Å²) in [5, 5.41) is 12.5. The molecule has 0 fully saturated rings. The van der Waals surface area contributed by atoms with Crippen LogP contribution >= 0.6 is 0 Å². The molecule has 6 N–H and O–H groups in total. The third-order valence-corrected chi connectivity index (χ3v) is 6.26. The third-order valence-electron chi connectivity index (χ3n) is 6.26. The first-order chi connectivity index (χ1) is 19.5. The fourth-order valence-corrected chi connectivity index (χ4v) is 4.05. The second-order valence-electron chi connectivity index (χ2n) is 9.35. The van der Waals surface area contributed by atoms with Crippen LogP contribution in [0.25, 0.3) is 22.3 Å². The zero-order valence-corrected chi connectivity index (χ0v) is 23.8. The second-order valence-corrected chi connectivity index (χ2v) is 9.35. The summed E-state index contributed by atoms with van der Waals surface area (Å²) in [6.45, 7) is 12.8. The van der Waals surface area contributed by atoms with Crippen molar-refractivity contribution in [3.05, 3.63) is 73.6 Å². The maximum Gasteiger partial charge on any atom is 0.243 e. The molecule has 0 aliphatic carbocycles. The van der Waals surface area contributed by atoms with Crippen molar-refractivity contribution < 1.29 is 14.7 Å². The van der Waals surface area contributed by atoms with Crippen molar-refractivity contribution in [2.24, 2.45) is 5.73 Å². The zero-order chi connectivity index (χ0) is 29.2. The van der Waals surface area contributed by atoms with Gasteiger partial charge in [0.1, 0.15) is 30.1 Å². The van der Waals surface area contributed by atoms with E-state index in [2.05, 4.69) is 47.3 Å². The Labute approximate surface area is 237 Å². The van der Waals surface area contributed by atoms with Gasteiger partial charge in [-0.2, -0.15) is 0 Å². The summed E-state index contributed by atoms with van der Waals surface area (Å²) >= 11 is 0. The number of ether oxygens (including phenoxy) is 1. The number of amides is 1. The summed E-state index contributed by atoms with van der Waals surface area (Å²) in [5.41, 5.74) is 10.9. The molecule has 1 amide bonds. The predicted octanol–water partition coefficient (Wildman–Crippen LogP) is 6.30. The molecular formula is C31H44N6O3. The van der Waals surface area contributed by atoms with E-state index in [0.29, 0.717) is 19.6 Å². The average Bonchev–Trinajstić information content (AvgIpc) is 3.42. The maximum absolute atomic E-state index is 10.5. The number of hydrogen-bond acceptors (Lipinski definition) is 7. The van der Waals surface area contributed by atoms with E-state index in [1.54, 1.807) is 17.9 Å². The molecule has 2 aromatic heterocycles. The van der Waals surface area contributed by atoms with Crippen LogP contribution in [0.1, 0.15) is 58.8 Å². The van der Waals surface area contributed by atoms with Crippen molar-refractivity contribution in [1.29, 1.82) is 0 Å². The van der Waals surface area contributed by atoms with Crippen LogP contribution in [0, 0.1) is 0 Å². The van der Waals surface area contributed by atoms with Crippen LogP contribution in [0.2, 0.25) is 0 Å². The number of carbonyl (C=O) groups is 1. The molecule has 0 unspecified atom stereocenters. The SMILES string of the molecule is C=C/C=C(\C=C)[C@@H](C)Nc1ncnc2[nH]c(-c3ccc(OCCN)cc3)cc12.CCCCCCCCC(=O)NO. The van der Waals surface area contributed by atoms with E-state index in [0.717, 1.165) is 52.3 Å². The molecule has 3 aromatic rings. The van der Waals surface area contributed by atoms with Gasteiger partial charge >= 0.3 is 0 Å². The van der Waals surface area contributed by atoms with Crippen molar-refractivity contribution in [2.75, 3.05) is 18.5 Å². The van der Waals surface area contributed by atoms with Crippen LogP contribution in [0.15, 0.2) is 73.6 Å². The summed E-state index contributed by atoms with van der Waals surface area (Å²) in [7, 11) is 0. The van der Waals surface area contributed by atoms with Gasteiger partial charge in [-0.15, -0.1) is 0 Å². The Kier molecular flexibility index (Phi) is 14.8. The Balaban J connectivity index is 0.000000395. The number of hydroxylamine groups is 1. The van der Waals surface area contributed by atoms with E-state index in [1.807, 2.05) is 42.5 Å². The molecule has 216 valence electrons. The number of nitrogens with one attached hydrogen (secondary N) is 3. The average molecular weight is 549 g/mol. The van der Waals surface area contributed by atoms with Gasteiger partial charge in [0.2, 0.25) is 5.91 Å². The molecule has 2 heterocycles. The largest absolute Gasteiger partial charge is 0.492 e. The molecule has 0 radical (unpaired) electrons. The monoisotopic (exact) mass is 548 g/mol. The quantitative estimate of drug-likeness (QED) is 0.0612.